The molecular formula is C18H26N6O. The average Bonchev–Trinajstić information content (AvgIpc) is 3.12. The monoisotopic (exact) mass is 342 g/mol. The summed E-state index contributed by atoms with van der Waals surface area (Å²) < 4.78 is 0. The number of anilines is 1. The molecule has 0 unspecified atom stereocenters. The minimum Gasteiger partial charge on any atom is -0.356 e. The van der Waals surface area contributed by atoms with E-state index >= 15 is 0 Å². The summed E-state index contributed by atoms with van der Waals surface area (Å²) in [5.41, 5.74) is 0.872. The van der Waals surface area contributed by atoms with Gasteiger partial charge in [-0.1, -0.05) is 19.3 Å². The maximum atomic E-state index is 12.2. The maximum Gasteiger partial charge on any atom is 0.315 e. The molecule has 4 rings (SSSR count). The van der Waals surface area contributed by atoms with Crippen molar-refractivity contribution in [2.24, 2.45) is 0 Å². The van der Waals surface area contributed by atoms with E-state index in [9.17, 15) is 4.79 Å². The molecular weight excluding hydrogens is 316 g/mol. The Kier molecular flexibility index (Phi) is 4.72. The fourth-order valence-corrected chi connectivity index (χ4v) is 4.01. The second kappa shape index (κ2) is 7.29. The smallest absolute Gasteiger partial charge is 0.315 e. The highest BCUT2D eigenvalue weighted by Gasteiger charge is 2.24. The molecule has 1 aliphatic carbocycles. The lowest BCUT2D eigenvalue weighted by Crippen LogP contribution is -2.50. The second-order valence-corrected chi connectivity index (χ2v) is 7.15. The van der Waals surface area contributed by atoms with Gasteiger partial charge in [0.05, 0.1) is 5.39 Å². The molecule has 0 radical (unpaired) electrons. The summed E-state index contributed by atoms with van der Waals surface area (Å²) in [6.07, 6.45) is 11.4. The molecule has 0 atom stereocenters. The predicted molar refractivity (Wildman–Crippen MR) is 97.7 cm³/mol. The first-order valence-electron chi connectivity index (χ1n) is 9.39. The van der Waals surface area contributed by atoms with Crippen LogP contribution in [-0.2, 0) is 0 Å². The Labute approximate surface area is 147 Å². The number of hydrogen-bond donors (Lipinski definition) is 3. The quantitative estimate of drug-likeness (QED) is 0.800. The molecule has 3 heterocycles. The number of piperidine rings is 1. The molecule has 2 fully saturated rings. The Morgan fingerprint density at radius 1 is 1.04 bits per heavy atom. The minimum absolute atomic E-state index is 0.000381. The molecule has 134 valence electrons. The largest absolute Gasteiger partial charge is 0.356 e. The van der Waals surface area contributed by atoms with Gasteiger partial charge in [0.2, 0.25) is 0 Å². The van der Waals surface area contributed by atoms with Gasteiger partial charge in [-0.2, -0.15) is 0 Å². The zero-order chi connectivity index (χ0) is 17.1. The first-order valence-corrected chi connectivity index (χ1v) is 9.39. The molecule has 2 aromatic heterocycles. The molecule has 2 amide bonds. The van der Waals surface area contributed by atoms with Crippen LogP contribution < -0.4 is 15.5 Å². The van der Waals surface area contributed by atoms with Gasteiger partial charge in [0.15, 0.2) is 0 Å². The third-order valence-corrected chi connectivity index (χ3v) is 5.40. The van der Waals surface area contributed by atoms with Crippen molar-refractivity contribution in [2.45, 2.75) is 57.0 Å². The number of H-pyrrole nitrogens is 1. The van der Waals surface area contributed by atoms with Crippen LogP contribution in [-0.4, -0.2) is 46.2 Å². The molecule has 2 aromatic rings. The Balaban J connectivity index is 1.29. The first kappa shape index (κ1) is 16.2. The highest BCUT2D eigenvalue weighted by atomic mass is 16.2. The van der Waals surface area contributed by atoms with Gasteiger partial charge in [0.25, 0.3) is 0 Å². The number of carbonyl (C=O) groups is 1. The Morgan fingerprint density at radius 3 is 2.52 bits per heavy atom. The SMILES string of the molecule is O=C(NC1CCCCC1)NC1CCN(c2ncnc3[nH]ccc23)CC1. The van der Waals surface area contributed by atoms with E-state index in [1.165, 1.54) is 19.3 Å². The molecule has 3 N–H and O–H groups in total. The fourth-order valence-electron chi connectivity index (χ4n) is 4.01. The van der Waals surface area contributed by atoms with Gasteiger partial charge >= 0.3 is 6.03 Å². The van der Waals surface area contributed by atoms with Crippen LogP contribution in [0.2, 0.25) is 0 Å². The van der Waals surface area contributed by atoms with Crippen molar-refractivity contribution < 1.29 is 4.79 Å². The normalized spacial score (nSPS) is 19.9. The molecule has 0 aromatic carbocycles. The summed E-state index contributed by atoms with van der Waals surface area (Å²) in [6.45, 7) is 1.79. The van der Waals surface area contributed by atoms with E-state index in [1.807, 2.05) is 12.3 Å². The molecule has 7 nitrogen and oxygen atoms in total. The van der Waals surface area contributed by atoms with Gasteiger partial charge in [-0.05, 0) is 31.7 Å². The van der Waals surface area contributed by atoms with Crippen LogP contribution in [0.15, 0.2) is 18.6 Å². The number of aromatic amines is 1. The Morgan fingerprint density at radius 2 is 1.76 bits per heavy atom. The van der Waals surface area contributed by atoms with Gasteiger partial charge < -0.3 is 20.5 Å². The minimum atomic E-state index is 0.000381. The summed E-state index contributed by atoms with van der Waals surface area (Å²) >= 11 is 0. The average molecular weight is 342 g/mol. The van der Waals surface area contributed by atoms with Crippen LogP contribution in [0, 0.1) is 0 Å². The van der Waals surface area contributed by atoms with Crippen molar-refractivity contribution in [3.05, 3.63) is 18.6 Å². The lowest BCUT2D eigenvalue weighted by molar-refractivity contribution is 0.226. The molecule has 1 aliphatic heterocycles. The van der Waals surface area contributed by atoms with Crippen molar-refractivity contribution in [3.8, 4) is 0 Å². The van der Waals surface area contributed by atoms with Crippen LogP contribution >= 0.6 is 0 Å². The van der Waals surface area contributed by atoms with Gasteiger partial charge in [0, 0.05) is 31.4 Å². The Hall–Kier alpha value is -2.31. The number of fused-ring (bicyclic) bond motifs is 1. The van der Waals surface area contributed by atoms with E-state index in [1.54, 1.807) is 6.33 Å². The summed E-state index contributed by atoms with van der Waals surface area (Å²) in [5.74, 6) is 0.983. The van der Waals surface area contributed by atoms with Crippen molar-refractivity contribution in [2.75, 3.05) is 18.0 Å². The third kappa shape index (κ3) is 3.70. The van der Waals surface area contributed by atoms with E-state index in [0.717, 1.165) is 55.6 Å². The highest BCUT2D eigenvalue weighted by molar-refractivity contribution is 5.87. The Bertz CT molecular complexity index is 715. The molecule has 2 aliphatic rings. The number of nitrogens with one attached hydrogen (secondary N) is 3. The summed E-state index contributed by atoms with van der Waals surface area (Å²) in [7, 11) is 0. The van der Waals surface area contributed by atoms with Crippen LogP contribution in [0.5, 0.6) is 0 Å². The van der Waals surface area contributed by atoms with Gasteiger partial charge in [0.1, 0.15) is 17.8 Å². The molecule has 1 saturated heterocycles. The maximum absolute atomic E-state index is 12.2. The van der Waals surface area contributed by atoms with Crippen LogP contribution in [0.4, 0.5) is 10.6 Å². The number of amides is 2. The summed E-state index contributed by atoms with van der Waals surface area (Å²) in [4.78, 5) is 26.3. The zero-order valence-corrected chi connectivity index (χ0v) is 14.5. The number of rotatable bonds is 3. The molecule has 7 heteroatoms. The van der Waals surface area contributed by atoms with Gasteiger partial charge in [-0.15, -0.1) is 0 Å². The van der Waals surface area contributed by atoms with Crippen LogP contribution in [0.25, 0.3) is 11.0 Å². The van der Waals surface area contributed by atoms with Crippen LogP contribution in [0.1, 0.15) is 44.9 Å². The van der Waals surface area contributed by atoms with Crippen molar-refractivity contribution in [3.63, 3.8) is 0 Å². The number of hydrogen-bond acceptors (Lipinski definition) is 4. The highest BCUT2D eigenvalue weighted by Crippen LogP contribution is 2.25. The van der Waals surface area contributed by atoms with E-state index in [2.05, 4.69) is 30.5 Å². The van der Waals surface area contributed by atoms with Crippen molar-refractivity contribution in [1.29, 1.82) is 0 Å². The summed E-state index contributed by atoms with van der Waals surface area (Å²) in [5, 5.41) is 7.36. The van der Waals surface area contributed by atoms with Crippen molar-refractivity contribution in [1.82, 2.24) is 25.6 Å². The van der Waals surface area contributed by atoms with E-state index in [-0.39, 0.29) is 12.1 Å². The zero-order valence-electron chi connectivity index (χ0n) is 14.5. The standard InChI is InChI=1S/C18H26N6O/c25-18(22-13-4-2-1-3-5-13)23-14-7-10-24(11-8-14)17-15-6-9-19-16(15)20-12-21-17/h6,9,12-14H,1-5,7-8,10-11H2,(H,19,20,21)(H2,22,23,25). The van der Waals surface area contributed by atoms with Gasteiger partial charge in [-0.25, -0.2) is 14.8 Å². The lowest BCUT2D eigenvalue weighted by Gasteiger charge is -2.33. The molecule has 25 heavy (non-hydrogen) atoms. The van der Waals surface area contributed by atoms with Crippen LogP contribution in [0.3, 0.4) is 0 Å². The van der Waals surface area contributed by atoms with Crippen molar-refractivity contribution >= 4 is 22.9 Å². The topological polar surface area (TPSA) is 85.9 Å². The number of aromatic nitrogens is 3. The van der Waals surface area contributed by atoms with E-state index in [0.29, 0.717) is 6.04 Å². The second-order valence-electron chi connectivity index (χ2n) is 7.15. The molecule has 1 saturated carbocycles. The lowest BCUT2D eigenvalue weighted by atomic mass is 9.96. The summed E-state index contributed by atoms with van der Waals surface area (Å²) in [6, 6.07) is 2.62. The third-order valence-electron chi connectivity index (χ3n) is 5.40. The van der Waals surface area contributed by atoms with E-state index < -0.39 is 0 Å². The first-order chi connectivity index (χ1) is 12.3. The predicted octanol–water partition coefficient (Wildman–Crippen LogP) is 2.56. The number of urea groups is 1. The number of nitrogens with zero attached hydrogens (tertiary/aromatic N) is 3. The number of carbonyl (C=O) groups excluding carboxylic acids is 1. The van der Waals surface area contributed by atoms with E-state index in [4.69, 9.17) is 0 Å². The van der Waals surface area contributed by atoms with Gasteiger partial charge in [-0.3, -0.25) is 0 Å². The molecule has 0 bridgehead atoms. The molecule has 0 spiro atoms. The fraction of sp³-hybridized carbons (Fsp3) is 0.611.